The van der Waals surface area contributed by atoms with E-state index in [0.29, 0.717) is 13.1 Å². The molecule has 0 radical (unpaired) electrons. The van der Waals surface area contributed by atoms with E-state index in [4.69, 9.17) is 4.74 Å². The first kappa shape index (κ1) is 9.26. The van der Waals surface area contributed by atoms with Crippen LogP contribution in [0.4, 0.5) is 0 Å². The van der Waals surface area contributed by atoms with Crippen molar-refractivity contribution in [3.8, 4) is 0 Å². The first-order valence-corrected chi connectivity index (χ1v) is 4.08. The Morgan fingerprint density at radius 2 is 2.42 bits per heavy atom. The first-order chi connectivity index (χ1) is 5.57. The predicted molar refractivity (Wildman–Crippen MR) is 46.8 cm³/mol. The fourth-order valence-electron chi connectivity index (χ4n) is 1.08. The summed E-state index contributed by atoms with van der Waals surface area (Å²) in [4.78, 5) is 12.8. The molecule has 1 rings (SSSR count). The molecule has 3 heteroatoms. The van der Waals surface area contributed by atoms with Crippen LogP contribution in [0.2, 0.25) is 0 Å². The van der Waals surface area contributed by atoms with Crippen LogP contribution in [-0.2, 0) is 9.53 Å². The van der Waals surface area contributed by atoms with E-state index in [1.807, 2.05) is 6.92 Å². The lowest BCUT2D eigenvalue weighted by Crippen LogP contribution is -2.36. The molecule has 1 heterocycles. The van der Waals surface area contributed by atoms with Gasteiger partial charge in [-0.2, -0.15) is 0 Å². The summed E-state index contributed by atoms with van der Waals surface area (Å²) in [6.07, 6.45) is 1.73. The summed E-state index contributed by atoms with van der Waals surface area (Å²) in [7, 11) is 0. The van der Waals surface area contributed by atoms with Gasteiger partial charge in [0, 0.05) is 13.5 Å². The Hall–Kier alpha value is -0.830. The molecule has 0 N–H and O–H groups in total. The minimum absolute atomic E-state index is 0.0756. The third kappa shape index (κ3) is 2.34. The smallest absolute Gasteiger partial charge is 0.219 e. The van der Waals surface area contributed by atoms with Crippen LogP contribution in [0.15, 0.2) is 12.7 Å². The van der Waals surface area contributed by atoms with Crippen molar-refractivity contribution in [3.05, 3.63) is 12.7 Å². The second-order valence-corrected chi connectivity index (χ2v) is 3.43. The molecule has 3 nitrogen and oxygen atoms in total. The van der Waals surface area contributed by atoms with E-state index in [0.717, 1.165) is 6.61 Å². The zero-order valence-corrected chi connectivity index (χ0v) is 7.67. The first-order valence-electron chi connectivity index (χ1n) is 4.08. The lowest BCUT2D eigenvalue weighted by molar-refractivity contribution is -0.129. The highest BCUT2D eigenvalue weighted by Gasteiger charge is 2.41. The minimum Gasteiger partial charge on any atom is -0.368 e. The number of hydrogen-bond donors (Lipinski definition) is 0. The Labute approximate surface area is 73.0 Å². The van der Waals surface area contributed by atoms with Gasteiger partial charge in [-0.05, 0) is 6.92 Å². The van der Waals surface area contributed by atoms with Crippen LogP contribution in [0, 0.1) is 0 Å². The molecule has 0 bridgehead atoms. The molecular formula is C9H15NO2. The van der Waals surface area contributed by atoms with Crippen LogP contribution < -0.4 is 0 Å². The number of ether oxygens (including phenoxy) is 1. The van der Waals surface area contributed by atoms with Gasteiger partial charge in [0.15, 0.2) is 0 Å². The van der Waals surface area contributed by atoms with Crippen LogP contribution in [0.1, 0.15) is 13.8 Å². The Kier molecular flexibility index (Phi) is 2.52. The summed E-state index contributed by atoms with van der Waals surface area (Å²) >= 11 is 0. The van der Waals surface area contributed by atoms with Crippen LogP contribution in [0.3, 0.4) is 0 Å². The summed E-state index contributed by atoms with van der Waals surface area (Å²) in [5.74, 6) is 0.0756. The summed E-state index contributed by atoms with van der Waals surface area (Å²) in [6, 6.07) is 0. The molecule has 0 aliphatic carbocycles. The third-order valence-electron chi connectivity index (χ3n) is 1.96. The molecule has 0 aromatic heterocycles. The highest BCUT2D eigenvalue weighted by molar-refractivity contribution is 5.73. The van der Waals surface area contributed by atoms with Crippen molar-refractivity contribution in [2.75, 3.05) is 19.7 Å². The standard InChI is InChI=1S/C9H15NO2/c1-4-5-10(8(2)11)6-9(3)7-12-9/h4H,1,5-7H2,2-3H3. The quantitative estimate of drug-likeness (QED) is 0.461. The molecule has 0 aromatic carbocycles. The van der Waals surface area contributed by atoms with E-state index in [-0.39, 0.29) is 11.5 Å². The Morgan fingerprint density at radius 3 is 2.75 bits per heavy atom. The minimum atomic E-state index is -0.0886. The average Bonchev–Trinajstić information content (AvgIpc) is 2.67. The maximum Gasteiger partial charge on any atom is 0.219 e. The van der Waals surface area contributed by atoms with E-state index < -0.39 is 0 Å². The number of amides is 1. The second kappa shape index (κ2) is 3.27. The number of carbonyl (C=O) groups excluding carboxylic acids is 1. The molecule has 1 aliphatic rings. The number of nitrogens with zero attached hydrogens (tertiary/aromatic N) is 1. The van der Waals surface area contributed by atoms with Crippen LogP contribution in [0.25, 0.3) is 0 Å². The SMILES string of the molecule is C=CCN(CC1(C)CO1)C(C)=O. The average molecular weight is 169 g/mol. The topological polar surface area (TPSA) is 32.8 Å². The van der Waals surface area contributed by atoms with Gasteiger partial charge in [-0.3, -0.25) is 4.79 Å². The Morgan fingerprint density at radius 1 is 1.83 bits per heavy atom. The largest absolute Gasteiger partial charge is 0.368 e. The molecule has 1 amide bonds. The molecule has 1 atom stereocenters. The highest BCUT2D eigenvalue weighted by atomic mass is 16.6. The van der Waals surface area contributed by atoms with E-state index in [9.17, 15) is 4.79 Å². The fraction of sp³-hybridized carbons (Fsp3) is 0.667. The van der Waals surface area contributed by atoms with E-state index in [2.05, 4.69) is 6.58 Å². The Balaban J connectivity index is 2.42. The summed E-state index contributed by atoms with van der Waals surface area (Å²) in [5.41, 5.74) is -0.0886. The van der Waals surface area contributed by atoms with E-state index >= 15 is 0 Å². The number of carbonyl (C=O) groups is 1. The molecule has 1 unspecified atom stereocenters. The van der Waals surface area contributed by atoms with Gasteiger partial charge < -0.3 is 9.64 Å². The highest BCUT2D eigenvalue weighted by Crippen LogP contribution is 2.26. The monoisotopic (exact) mass is 169 g/mol. The molecule has 12 heavy (non-hydrogen) atoms. The second-order valence-electron chi connectivity index (χ2n) is 3.43. The third-order valence-corrected chi connectivity index (χ3v) is 1.96. The van der Waals surface area contributed by atoms with Gasteiger partial charge >= 0.3 is 0 Å². The van der Waals surface area contributed by atoms with Crippen molar-refractivity contribution in [1.29, 1.82) is 0 Å². The maximum atomic E-state index is 11.1. The van der Waals surface area contributed by atoms with Gasteiger partial charge in [-0.15, -0.1) is 6.58 Å². The summed E-state index contributed by atoms with van der Waals surface area (Å²) < 4.78 is 5.19. The molecule has 1 fully saturated rings. The van der Waals surface area contributed by atoms with Gasteiger partial charge in [-0.1, -0.05) is 6.08 Å². The summed E-state index contributed by atoms with van der Waals surface area (Å²) in [6.45, 7) is 9.21. The lowest BCUT2D eigenvalue weighted by Gasteiger charge is -2.21. The van der Waals surface area contributed by atoms with E-state index in [1.54, 1.807) is 17.9 Å². The molecule has 0 spiro atoms. The predicted octanol–water partition coefficient (Wildman–Crippen LogP) is 0.810. The maximum absolute atomic E-state index is 11.1. The van der Waals surface area contributed by atoms with Crippen molar-refractivity contribution in [1.82, 2.24) is 4.90 Å². The number of rotatable bonds is 4. The zero-order valence-electron chi connectivity index (χ0n) is 7.67. The lowest BCUT2D eigenvalue weighted by atomic mass is 10.2. The molecular weight excluding hydrogens is 154 g/mol. The van der Waals surface area contributed by atoms with Gasteiger partial charge in [0.05, 0.1) is 13.2 Å². The van der Waals surface area contributed by atoms with Gasteiger partial charge in [0.2, 0.25) is 5.91 Å². The molecule has 0 aromatic rings. The van der Waals surface area contributed by atoms with Crippen LogP contribution in [0.5, 0.6) is 0 Å². The van der Waals surface area contributed by atoms with Gasteiger partial charge in [-0.25, -0.2) is 0 Å². The van der Waals surface area contributed by atoms with Crippen molar-refractivity contribution >= 4 is 5.91 Å². The van der Waals surface area contributed by atoms with Crippen molar-refractivity contribution in [3.63, 3.8) is 0 Å². The molecule has 68 valence electrons. The fourth-order valence-corrected chi connectivity index (χ4v) is 1.08. The number of epoxide rings is 1. The van der Waals surface area contributed by atoms with Gasteiger partial charge in [0.25, 0.3) is 0 Å². The van der Waals surface area contributed by atoms with Crippen molar-refractivity contribution in [2.24, 2.45) is 0 Å². The van der Waals surface area contributed by atoms with Crippen molar-refractivity contribution in [2.45, 2.75) is 19.4 Å². The Bertz CT molecular complexity index is 197. The van der Waals surface area contributed by atoms with Crippen LogP contribution >= 0.6 is 0 Å². The normalized spacial score (nSPS) is 26.5. The summed E-state index contributed by atoms with van der Waals surface area (Å²) in [5, 5.41) is 0. The molecule has 1 saturated heterocycles. The van der Waals surface area contributed by atoms with Crippen LogP contribution in [-0.4, -0.2) is 36.1 Å². The van der Waals surface area contributed by atoms with Crippen molar-refractivity contribution < 1.29 is 9.53 Å². The van der Waals surface area contributed by atoms with Gasteiger partial charge in [0.1, 0.15) is 5.60 Å². The molecule has 0 saturated carbocycles. The number of hydrogen-bond acceptors (Lipinski definition) is 2. The molecule has 1 aliphatic heterocycles. The van der Waals surface area contributed by atoms with E-state index in [1.165, 1.54) is 0 Å². The zero-order chi connectivity index (χ0) is 9.19.